The van der Waals surface area contributed by atoms with Crippen molar-refractivity contribution in [2.75, 3.05) is 0 Å². The Hall–Kier alpha value is -1.78. The zero-order chi connectivity index (χ0) is 10.0. The van der Waals surface area contributed by atoms with Crippen molar-refractivity contribution in [3.05, 3.63) is 36.2 Å². The number of carboxylic acid groups (broad SMARTS) is 1. The van der Waals surface area contributed by atoms with Crippen molar-refractivity contribution in [3.8, 4) is 0 Å². The molecule has 0 unspecified atom stereocenters. The first kappa shape index (κ1) is 9.31. The van der Waals surface area contributed by atoms with Gasteiger partial charge >= 0.3 is 5.97 Å². The summed E-state index contributed by atoms with van der Waals surface area (Å²) >= 11 is 0. The van der Waals surface area contributed by atoms with Gasteiger partial charge in [0.05, 0.1) is 23.5 Å². The Morgan fingerprint density at radius 1 is 1.38 bits per heavy atom. The fourth-order valence-electron chi connectivity index (χ4n) is 0.807. The van der Waals surface area contributed by atoms with Crippen LogP contribution >= 0.6 is 0 Å². The van der Waals surface area contributed by atoms with Gasteiger partial charge in [-0.05, 0) is 0 Å². The van der Waals surface area contributed by atoms with Crippen LogP contribution in [0.15, 0.2) is 19.0 Å². The Bertz CT molecular complexity index is 356. The molecule has 13 heavy (non-hydrogen) atoms. The van der Waals surface area contributed by atoms with Crippen LogP contribution in [0.5, 0.6) is 0 Å². The molecule has 0 saturated carbocycles. The fourth-order valence-corrected chi connectivity index (χ4v) is 0.807. The van der Waals surface area contributed by atoms with E-state index in [1.54, 1.807) is 0 Å². The highest BCUT2D eigenvalue weighted by Crippen LogP contribution is 2.18. The maximum Gasteiger partial charge on any atom is 0.335 e. The van der Waals surface area contributed by atoms with Gasteiger partial charge in [0.15, 0.2) is 11.6 Å². The van der Waals surface area contributed by atoms with Crippen LogP contribution in [-0.4, -0.2) is 16.1 Å². The third-order valence-electron chi connectivity index (χ3n) is 1.41. The molecule has 0 radical (unpaired) electrons. The maximum atomic E-state index is 12.8. The van der Waals surface area contributed by atoms with Crippen LogP contribution in [-0.2, 0) is 4.79 Å². The summed E-state index contributed by atoms with van der Waals surface area (Å²) in [5.74, 6) is -3.54. The summed E-state index contributed by atoms with van der Waals surface area (Å²) in [5, 5.41) is 8.43. The van der Waals surface area contributed by atoms with Gasteiger partial charge in [0.1, 0.15) is 0 Å². The SMILES string of the molecule is C=C(C(=O)O)c1c(F)cncc1F. The van der Waals surface area contributed by atoms with E-state index in [1.165, 1.54) is 0 Å². The molecule has 1 heterocycles. The van der Waals surface area contributed by atoms with E-state index in [1.807, 2.05) is 0 Å². The molecule has 5 heteroatoms. The maximum absolute atomic E-state index is 12.8. The summed E-state index contributed by atoms with van der Waals surface area (Å²) in [7, 11) is 0. The molecule has 0 amide bonds. The van der Waals surface area contributed by atoms with E-state index in [4.69, 9.17) is 5.11 Å². The van der Waals surface area contributed by atoms with Crippen molar-refractivity contribution >= 4 is 11.5 Å². The van der Waals surface area contributed by atoms with Gasteiger partial charge in [0.2, 0.25) is 0 Å². The number of aromatic nitrogens is 1. The molecule has 0 saturated heterocycles. The van der Waals surface area contributed by atoms with Gasteiger partial charge < -0.3 is 5.11 Å². The van der Waals surface area contributed by atoms with Crippen LogP contribution in [0.4, 0.5) is 8.78 Å². The third-order valence-corrected chi connectivity index (χ3v) is 1.41. The summed E-state index contributed by atoms with van der Waals surface area (Å²) in [5.41, 5.74) is -1.28. The Morgan fingerprint density at radius 2 is 1.85 bits per heavy atom. The van der Waals surface area contributed by atoms with Crippen LogP contribution < -0.4 is 0 Å². The number of pyridine rings is 1. The average Bonchev–Trinajstić information content (AvgIpc) is 2.03. The smallest absolute Gasteiger partial charge is 0.335 e. The average molecular weight is 185 g/mol. The lowest BCUT2D eigenvalue weighted by Gasteiger charge is -2.02. The standard InChI is InChI=1S/C8H5F2NO2/c1-4(8(12)13)7-5(9)2-11-3-6(7)10/h2-3H,1H2,(H,12,13). The monoisotopic (exact) mass is 185 g/mol. The second-order valence-corrected chi connectivity index (χ2v) is 2.26. The molecular weight excluding hydrogens is 180 g/mol. The van der Waals surface area contributed by atoms with Crippen molar-refractivity contribution in [1.29, 1.82) is 0 Å². The molecule has 0 bridgehead atoms. The van der Waals surface area contributed by atoms with E-state index < -0.39 is 28.7 Å². The highest BCUT2D eigenvalue weighted by Gasteiger charge is 2.17. The van der Waals surface area contributed by atoms with Gasteiger partial charge in [-0.2, -0.15) is 0 Å². The number of halogens is 2. The van der Waals surface area contributed by atoms with Crippen molar-refractivity contribution in [1.82, 2.24) is 4.98 Å². The van der Waals surface area contributed by atoms with E-state index in [9.17, 15) is 13.6 Å². The fraction of sp³-hybridized carbons (Fsp3) is 0. The van der Waals surface area contributed by atoms with E-state index in [0.717, 1.165) is 12.4 Å². The molecule has 1 rings (SSSR count). The zero-order valence-corrected chi connectivity index (χ0v) is 6.42. The zero-order valence-electron chi connectivity index (χ0n) is 6.42. The minimum atomic E-state index is -1.47. The number of hydrogen-bond donors (Lipinski definition) is 1. The number of hydrogen-bond acceptors (Lipinski definition) is 2. The Balaban J connectivity index is 3.28. The normalized spacial score (nSPS) is 9.69. The summed E-state index contributed by atoms with van der Waals surface area (Å²) in [6.45, 7) is 3.04. The highest BCUT2D eigenvalue weighted by atomic mass is 19.1. The molecular formula is C8H5F2NO2. The second kappa shape index (κ2) is 3.30. The number of rotatable bonds is 2. The molecule has 0 fully saturated rings. The van der Waals surface area contributed by atoms with Gasteiger partial charge in [-0.25, -0.2) is 13.6 Å². The number of nitrogens with zero attached hydrogens (tertiary/aromatic N) is 1. The lowest BCUT2D eigenvalue weighted by molar-refractivity contribution is -0.130. The largest absolute Gasteiger partial charge is 0.478 e. The molecule has 0 atom stereocenters. The molecule has 3 nitrogen and oxygen atoms in total. The quantitative estimate of drug-likeness (QED) is 0.709. The van der Waals surface area contributed by atoms with E-state index in [2.05, 4.69) is 11.6 Å². The Kier molecular flexibility index (Phi) is 2.36. The molecule has 0 aliphatic carbocycles. The second-order valence-electron chi connectivity index (χ2n) is 2.26. The van der Waals surface area contributed by atoms with Gasteiger partial charge in [-0.15, -0.1) is 0 Å². The molecule has 1 N–H and O–H groups in total. The Labute approximate surface area is 72.3 Å². The minimum Gasteiger partial charge on any atom is -0.478 e. The van der Waals surface area contributed by atoms with Gasteiger partial charge in [-0.3, -0.25) is 4.98 Å². The van der Waals surface area contributed by atoms with Crippen molar-refractivity contribution in [2.24, 2.45) is 0 Å². The van der Waals surface area contributed by atoms with Crippen LogP contribution in [0, 0.1) is 11.6 Å². The topological polar surface area (TPSA) is 50.2 Å². The summed E-state index contributed by atoms with van der Waals surface area (Å²) < 4.78 is 25.7. The predicted molar refractivity (Wildman–Crippen MR) is 40.8 cm³/mol. The van der Waals surface area contributed by atoms with Crippen LogP contribution in [0.25, 0.3) is 5.57 Å². The molecule has 0 aliphatic rings. The molecule has 0 aromatic carbocycles. The summed E-state index contributed by atoms with van der Waals surface area (Å²) in [6, 6.07) is 0. The summed E-state index contributed by atoms with van der Waals surface area (Å²) in [6.07, 6.45) is 1.46. The van der Waals surface area contributed by atoms with Crippen molar-refractivity contribution < 1.29 is 18.7 Å². The molecule has 1 aromatic heterocycles. The predicted octanol–water partition coefficient (Wildman–Crippen LogP) is 1.46. The number of carboxylic acids is 1. The van der Waals surface area contributed by atoms with E-state index >= 15 is 0 Å². The first-order valence-corrected chi connectivity index (χ1v) is 3.25. The Morgan fingerprint density at radius 3 is 2.23 bits per heavy atom. The number of aliphatic carboxylic acids is 1. The molecule has 1 aromatic rings. The molecule has 0 spiro atoms. The van der Waals surface area contributed by atoms with Crippen molar-refractivity contribution in [2.45, 2.75) is 0 Å². The van der Waals surface area contributed by atoms with Crippen molar-refractivity contribution in [3.63, 3.8) is 0 Å². The highest BCUT2D eigenvalue weighted by molar-refractivity contribution is 6.14. The lowest BCUT2D eigenvalue weighted by Crippen LogP contribution is -2.03. The van der Waals surface area contributed by atoms with Crippen LogP contribution in [0.1, 0.15) is 5.56 Å². The van der Waals surface area contributed by atoms with Crippen LogP contribution in [0.2, 0.25) is 0 Å². The van der Waals surface area contributed by atoms with E-state index in [0.29, 0.717) is 0 Å². The number of carbonyl (C=O) groups is 1. The van der Waals surface area contributed by atoms with Crippen LogP contribution in [0.3, 0.4) is 0 Å². The third kappa shape index (κ3) is 1.69. The molecule has 68 valence electrons. The summed E-state index contributed by atoms with van der Waals surface area (Å²) in [4.78, 5) is 13.6. The van der Waals surface area contributed by atoms with Gasteiger partial charge in [0.25, 0.3) is 0 Å². The van der Waals surface area contributed by atoms with E-state index in [-0.39, 0.29) is 0 Å². The van der Waals surface area contributed by atoms with Gasteiger partial charge in [-0.1, -0.05) is 6.58 Å². The molecule has 0 aliphatic heterocycles. The first-order chi connectivity index (χ1) is 6.04. The van der Waals surface area contributed by atoms with Gasteiger partial charge in [0, 0.05) is 0 Å². The lowest BCUT2D eigenvalue weighted by atomic mass is 10.1. The minimum absolute atomic E-state index is 0.627. The first-order valence-electron chi connectivity index (χ1n) is 3.25.